The molecule has 3 heteroatoms. The maximum Gasteiger partial charge on any atom is 0.228 e. The van der Waals surface area contributed by atoms with E-state index in [1.54, 1.807) is 6.92 Å². The van der Waals surface area contributed by atoms with Crippen molar-refractivity contribution in [3.63, 3.8) is 0 Å². The standard InChI is InChI=1S/C16H20N2O/c1-4-17-10-9-14-13-7-5-6-8-15(13)18(12(3)19)16(14)11(17)2/h5-8,11H,4,9-10H2,1-3H3. The molecule has 0 radical (unpaired) electrons. The molecule has 0 amide bonds. The summed E-state index contributed by atoms with van der Waals surface area (Å²) >= 11 is 0. The van der Waals surface area contributed by atoms with E-state index in [1.165, 1.54) is 16.6 Å². The second-order valence-corrected chi connectivity index (χ2v) is 5.29. The highest BCUT2D eigenvalue weighted by molar-refractivity contribution is 5.95. The molecule has 19 heavy (non-hydrogen) atoms. The Balaban J connectivity index is 2.33. The molecule has 1 aromatic heterocycles. The van der Waals surface area contributed by atoms with Crippen LogP contribution in [0, 0.1) is 0 Å². The predicted molar refractivity (Wildman–Crippen MR) is 77.6 cm³/mol. The fourth-order valence-electron chi connectivity index (χ4n) is 3.42. The quantitative estimate of drug-likeness (QED) is 0.782. The summed E-state index contributed by atoms with van der Waals surface area (Å²) in [6.45, 7) is 8.16. The molecule has 1 aliphatic heterocycles. The predicted octanol–water partition coefficient (Wildman–Crippen LogP) is 3.24. The first-order valence-electron chi connectivity index (χ1n) is 7.02. The number of hydrogen-bond acceptors (Lipinski definition) is 2. The van der Waals surface area contributed by atoms with E-state index < -0.39 is 0 Å². The van der Waals surface area contributed by atoms with Crippen LogP contribution in [-0.4, -0.2) is 28.5 Å². The molecule has 3 rings (SSSR count). The molecule has 0 saturated heterocycles. The molecule has 3 nitrogen and oxygen atoms in total. The molecular formula is C16H20N2O. The number of fused-ring (bicyclic) bond motifs is 3. The van der Waals surface area contributed by atoms with E-state index in [9.17, 15) is 4.79 Å². The molecule has 2 heterocycles. The van der Waals surface area contributed by atoms with Gasteiger partial charge < -0.3 is 0 Å². The Bertz CT molecular complexity index is 641. The van der Waals surface area contributed by atoms with Gasteiger partial charge in [0.1, 0.15) is 0 Å². The minimum Gasteiger partial charge on any atom is -0.295 e. The van der Waals surface area contributed by atoms with E-state index in [0.29, 0.717) is 6.04 Å². The summed E-state index contributed by atoms with van der Waals surface area (Å²) in [5.74, 6) is 0.113. The lowest BCUT2D eigenvalue weighted by Gasteiger charge is -2.33. The van der Waals surface area contributed by atoms with E-state index in [4.69, 9.17) is 0 Å². The van der Waals surface area contributed by atoms with Crippen LogP contribution in [0.1, 0.15) is 42.9 Å². The molecule has 2 aromatic rings. The van der Waals surface area contributed by atoms with E-state index in [2.05, 4.69) is 36.9 Å². The van der Waals surface area contributed by atoms with Gasteiger partial charge in [0, 0.05) is 30.6 Å². The fourth-order valence-corrected chi connectivity index (χ4v) is 3.42. The smallest absolute Gasteiger partial charge is 0.228 e. The highest BCUT2D eigenvalue weighted by Gasteiger charge is 2.30. The van der Waals surface area contributed by atoms with Crippen molar-refractivity contribution in [2.24, 2.45) is 0 Å². The molecule has 0 fully saturated rings. The Kier molecular flexibility index (Phi) is 2.94. The monoisotopic (exact) mass is 256 g/mol. The normalized spacial score (nSPS) is 19.6. The summed E-state index contributed by atoms with van der Waals surface area (Å²) in [6, 6.07) is 8.57. The summed E-state index contributed by atoms with van der Waals surface area (Å²) in [5, 5.41) is 1.25. The number of nitrogens with zero attached hydrogens (tertiary/aromatic N) is 2. The molecule has 100 valence electrons. The van der Waals surface area contributed by atoms with Crippen molar-refractivity contribution in [1.82, 2.24) is 9.47 Å². The van der Waals surface area contributed by atoms with Gasteiger partial charge in [0.25, 0.3) is 0 Å². The number of hydrogen-bond donors (Lipinski definition) is 0. The maximum absolute atomic E-state index is 12.1. The Hall–Kier alpha value is -1.61. The van der Waals surface area contributed by atoms with Crippen LogP contribution in [0.25, 0.3) is 10.9 Å². The van der Waals surface area contributed by atoms with Gasteiger partial charge in [-0.1, -0.05) is 25.1 Å². The Morgan fingerprint density at radius 3 is 2.79 bits per heavy atom. The van der Waals surface area contributed by atoms with Crippen molar-refractivity contribution in [2.75, 3.05) is 13.1 Å². The molecule has 1 atom stereocenters. The first kappa shape index (κ1) is 12.4. The summed E-state index contributed by atoms with van der Waals surface area (Å²) in [4.78, 5) is 14.5. The second kappa shape index (κ2) is 4.49. The van der Waals surface area contributed by atoms with E-state index in [1.807, 2.05) is 10.6 Å². The number of para-hydroxylation sites is 1. The fraction of sp³-hybridized carbons (Fsp3) is 0.438. The Morgan fingerprint density at radius 1 is 1.37 bits per heavy atom. The van der Waals surface area contributed by atoms with Crippen LogP contribution in [-0.2, 0) is 6.42 Å². The van der Waals surface area contributed by atoms with Gasteiger partial charge in [-0.25, -0.2) is 0 Å². The lowest BCUT2D eigenvalue weighted by molar-refractivity contribution is 0.0927. The molecular weight excluding hydrogens is 236 g/mol. The first-order valence-corrected chi connectivity index (χ1v) is 7.02. The average molecular weight is 256 g/mol. The van der Waals surface area contributed by atoms with Gasteiger partial charge in [0.05, 0.1) is 5.52 Å². The summed E-state index contributed by atoms with van der Waals surface area (Å²) in [7, 11) is 0. The van der Waals surface area contributed by atoms with Crippen molar-refractivity contribution in [3.8, 4) is 0 Å². The topological polar surface area (TPSA) is 25.2 Å². The van der Waals surface area contributed by atoms with Gasteiger partial charge in [-0.3, -0.25) is 14.3 Å². The van der Waals surface area contributed by atoms with Gasteiger partial charge in [-0.05, 0) is 31.5 Å². The van der Waals surface area contributed by atoms with Crippen molar-refractivity contribution < 1.29 is 4.79 Å². The van der Waals surface area contributed by atoms with Crippen molar-refractivity contribution in [3.05, 3.63) is 35.5 Å². The number of benzene rings is 1. The zero-order chi connectivity index (χ0) is 13.6. The van der Waals surface area contributed by atoms with Gasteiger partial charge in [0.15, 0.2) is 0 Å². The van der Waals surface area contributed by atoms with E-state index in [0.717, 1.165) is 25.0 Å². The highest BCUT2D eigenvalue weighted by atomic mass is 16.1. The molecule has 0 N–H and O–H groups in total. The number of rotatable bonds is 1. The Labute approximate surface area is 113 Å². The summed E-state index contributed by atoms with van der Waals surface area (Å²) in [6.07, 6.45) is 1.04. The first-order chi connectivity index (χ1) is 9.15. The van der Waals surface area contributed by atoms with Crippen LogP contribution >= 0.6 is 0 Å². The van der Waals surface area contributed by atoms with Crippen LogP contribution in [0.2, 0.25) is 0 Å². The Morgan fingerprint density at radius 2 is 2.11 bits per heavy atom. The summed E-state index contributed by atoms with van der Waals surface area (Å²) in [5.41, 5.74) is 3.62. The van der Waals surface area contributed by atoms with Crippen LogP contribution in [0.3, 0.4) is 0 Å². The van der Waals surface area contributed by atoms with Gasteiger partial charge in [-0.15, -0.1) is 0 Å². The van der Waals surface area contributed by atoms with Crippen LogP contribution in [0.15, 0.2) is 24.3 Å². The van der Waals surface area contributed by atoms with Crippen molar-refractivity contribution in [1.29, 1.82) is 0 Å². The molecule has 0 spiro atoms. The molecule has 0 saturated carbocycles. The third-order valence-electron chi connectivity index (χ3n) is 4.33. The average Bonchev–Trinajstić information content (AvgIpc) is 2.75. The SMILES string of the molecule is CCN1CCc2c(n(C(C)=O)c3ccccc23)C1C. The number of carbonyl (C=O) groups excluding carboxylic acids is 1. The van der Waals surface area contributed by atoms with Gasteiger partial charge in [-0.2, -0.15) is 0 Å². The molecule has 1 aromatic carbocycles. The zero-order valence-electron chi connectivity index (χ0n) is 11.8. The number of carbonyl (C=O) groups is 1. The van der Waals surface area contributed by atoms with Crippen molar-refractivity contribution >= 4 is 16.8 Å². The molecule has 1 unspecified atom stereocenters. The molecule has 0 bridgehead atoms. The number of aromatic nitrogens is 1. The lowest BCUT2D eigenvalue weighted by atomic mass is 9.98. The third-order valence-corrected chi connectivity index (χ3v) is 4.33. The number of likely N-dealkylation sites (N-methyl/N-ethyl adjacent to an activating group) is 1. The van der Waals surface area contributed by atoms with Crippen molar-refractivity contribution in [2.45, 2.75) is 33.2 Å². The zero-order valence-corrected chi connectivity index (χ0v) is 11.8. The second-order valence-electron chi connectivity index (χ2n) is 5.29. The lowest BCUT2D eigenvalue weighted by Crippen LogP contribution is -2.35. The third kappa shape index (κ3) is 1.72. The highest BCUT2D eigenvalue weighted by Crippen LogP contribution is 2.36. The molecule has 0 aliphatic carbocycles. The largest absolute Gasteiger partial charge is 0.295 e. The minimum absolute atomic E-state index is 0.113. The van der Waals surface area contributed by atoms with E-state index >= 15 is 0 Å². The maximum atomic E-state index is 12.1. The molecule has 1 aliphatic rings. The van der Waals surface area contributed by atoms with E-state index in [-0.39, 0.29) is 5.91 Å². The van der Waals surface area contributed by atoms with Gasteiger partial charge in [0.2, 0.25) is 5.91 Å². The van der Waals surface area contributed by atoms with Gasteiger partial charge >= 0.3 is 0 Å². The minimum atomic E-state index is 0.113. The van der Waals surface area contributed by atoms with Crippen LogP contribution in [0.5, 0.6) is 0 Å². The van der Waals surface area contributed by atoms with Crippen LogP contribution < -0.4 is 0 Å². The van der Waals surface area contributed by atoms with Crippen LogP contribution in [0.4, 0.5) is 0 Å². The summed E-state index contributed by atoms with van der Waals surface area (Å²) < 4.78 is 1.91.